The molecule has 2 aromatic rings. The van der Waals surface area contributed by atoms with Gasteiger partial charge in [-0.3, -0.25) is 9.59 Å². The number of benzene rings is 1. The molecule has 1 N–H and O–H groups in total. The van der Waals surface area contributed by atoms with Crippen LogP contribution in [0.2, 0.25) is 0 Å². The van der Waals surface area contributed by atoms with Crippen molar-refractivity contribution >= 4 is 28.2 Å². The predicted octanol–water partition coefficient (Wildman–Crippen LogP) is 1.11. The summed E-state index contributed by atoms with van der Waals surface area (Å²) in [6, 6.07) is 11.1. The molecule has 2 amide bonds. The molecular weight excluding hydrogens is 368 g/mol. The SMILES string of the molecule is Cc1cccc(NC(=O)c2ccc(S(=O)(=O)N3CCN(C=O)CC3)cc2)n1. The number of amides is 2. The summed E-state index contributed by atoms with van der Waals surface area (Å²) < 4.78 is 26.7. The molecule has 0 unspecified atom stereocenters. The van der Waals surface area contributed by atoms with Crippen molar-refractivity contribution in [1.29, 1.82) is 0 Å². The Kier molecular flexibility index (Phi) is 5.52. The lowest BCUT2D eigenvalue weighted by Crippen LogP contribution is -2.47. The predicted molar refractivity (Wildman–Crippen MR) is 99.8 cm³/mol. The third-order valence-electron chi connectivity index (χ3n) is 4.31. The van der Waals surface area contributed by atoms with Crippen molar-refractivity contribution < 1.29 is 18.0 Å². The summed E-state index contributed by atoms with van der Waals surface area (Å²) in [5.74, 6) is 0.0707. The smallest absolute Gasteiger partial charge is 0.256 e. The highest BCUT2D eigenvalue weighted by Crippen LogP contribution is 2.18. The van der Waals surface area contributed by atoms with Gasteiger partial charge in [0, 0.05) is 37.4 Å². The fraction of sp³-hybridized carbons (Fsp3) is 0.278. The lowest BCUT2D eigenvalue weighted by Gasteiger charge is -2.31. The van der Waals surface area contributed by atoms with Crippen LogP contribution in [-0.4, -0.2) is 61.1 Å². The van der Waals surface area contributed by atoms with Gasteiger partial charge in [-0.15, -0.1) is 0 Å². The number of anilines is 1. The number of hydrogen-bond acceptors (Lipinski definition) is 5. The van der Waals surface area contributed by atoms with Gasteiger partial charge in [-0.25, -0.2) is 13.4 Å². The van der Waals surface area contributed by atoms with Crippen molar-refractivity contribution in [2.75, 3.05) is 31.5 Å². The monoisotopic (exact) mass is 388 g/mol. The fourth-order valence-electron chi connectivity index (χ4n) is 2.78. The highest BCUT2D eigenvalue weighted by Gasteiger charge is 2.28. The maximum Gasteiger partial charge on any atom is 0.256 e. The van der Waals surface area contributed by atoms with Gasteiger partial charge in [-0.1, -0.05) is 6.07 Å². The quantitative estimate of drug-likeness (QED) is 0.774. The Hall–Kier alpha value is -2.78. The zero-order valence-electron chi connectivity index (χ0n) is 14.8. The van der Waals surface area contributed by atoms with Gasteiger partial charge in [0.25, 0.3) is 5.91 Å². The van der Waals surface area contributed by atoms with Gasteiger partial charge in [0.2, 0.25) is 16.4 Å². The van der Waals surface area contributed by atoms with Crippen LogP contribution >= 0.6 is 0 Å². The average Bonchev–Trinajstić information content (AvgIpc) is 2.68. The molecular formula is C18H20N4O4S. The molecule has 1 aliphatic heterocycles. The molecule has 9 heteroatoms. The van der Waals surface area contributed by atoms with E-state index < -0.39 is 10.0 Å². The van der Waals surface area contributed by atoms with Gasteiger partial charge in [0.1, 0.15) is 5.82 Å². The number of rotatable bonds is 5. The molecule has 8 nitrogen and oxygen atoms in total. The molecule has 0 bridgehead atoms. The van der Waals surface area contributed by atoms with Crippen LogP contribution in [0, 0.1) is 6.92 Å². The summed E-state index contributed by atoms with van der Waals surface area (Å²) >= 11 is 0. The average molecular weight is 388 g/mol. The van der Waals surface area contributed by atoms with Crippen LogP contribution in [0.25, 0.3) is 0 Å². The third-order valence-corrected chi connectivity index (χ3v) is 6.22. The Morgan fingerprint density at radius 3 is 2.33 bits per heavy atom. The number of nitrogens with one attached hydrogen (secondary N) is 1. The maximum absolute atomic E-state index is 12.7. The zero-order chi connectivity index (χ0) is 19.4. The van der Waals surface area contributed by atoms with Gasteiger partial charge in [-0.05, 0) is 43.3 Å². The van der Waals surface area contributed by atoms with Gasteiger partial charge in [0.15, 0.2) is 0 Å². The van der Waals surface area contributed by atoms with Gasteiger partial charge in [0.05, 0.1) is 4.90 Å². The van der Waals surface area contributed by atoms with E-state index in [1.807, 2.05) is 13.0 Å². The number of pyridine rings is 1. The lowest BCUT2D eigenvalue weighted by molar-refractivity contribution is -0.119. The van der Waals surface area contributed by atoms with E-state index in [1.165, 1.54) is 28.6 Å². The minimum Gasteiger partial charge on any atom is -0.343 e. The van der Waals surface area contributed by atoms with Gasteiger partial charge >= 0.3 is 0 Å². The van der Waals surface area contributed by atoms with Crippen molar-refractivity contribution in [2.45, 2.75) is 11.8 Å². The number of piperazine rings is 1. The van der Waals surface area contributed by atoms with Crippen molar-refractivity contribution in [1.82, 2.24) is 14.2 Å². The standard InChI is InChI=1S/C18H20N4O4S/c1-14-3-2-4-17(19-14)20-18(24)15-5-7-16(8-6-15)27(25,26)22-11-9-21(13-23)10-12-22/h2-8,13H,9-12H2,1H3,(H,19,20,24). The highest BCUT2D eigenvalue weighted by molar-refractivity contribution is 7.89. The van der Waals surface area contributed by atoms with Gasteiger partial charge < -0.3 is 10.2 Å². The molecule has 0 saturated carbocycles. The molecule has 0 aliphatic carbocycles. The minimum absolute atomic E-state index is 0.118. The number of aromatic nitrogens is 1. The lowest BCUT2D eigenvalue weighted by atomic mass is 10.2. The third kappa shape index (κ3) is 4.32. The highest BCUT2D eigenvalue weighted by atomic mass is 32.2. The molecule has 27 heavy (non-hydrogen) atoms. The van der Waals surface area contributed by atoms with E-state index in [9.17, 15) is 18.0 Å². The van der Waals surface area contributed by atoms with Gasteiger partial charge in [-0.2, -0.15) is 4.31 Å². The van der Waals surface area contributed by atoms with Crippen LogP contribution in [0.5, 0.6) is 0 Å². The molecule has 1 aliphatic rings. The van der Waals surface area contributed by atoms with E-state index in [0.717, 1.165) is 12.1 Å². The topological polar surface area (TPSA) is 99.7 Å². The summed E-state index contributed by atoms with van der Waals surface area (Å²) in [6.07, 6.45) is 0.723. The van der Waals surface area contributed by atoms with E-state index in [4.69, 9.17) is 0 Å². The summed E-state index contributed by atoms with van der Waals surface area (Å²) in [5, 5.41) is 2.68. The van der Waals surface area contributed by atoms with Crippen molar-refractivity contribution in [3.8, 4) is 0 Å². The van der Waals surface area contributed by atoms with E-state index in [0.29, 0.717) is 24.5 Å². The summed E-state index contributed by atoms with van der Waals surface area (Å²) in [6.45, 7) is 3.06. The second-order valence-corrected chi connectivity index (χ2v) is 8.13. The number of carbonyl (C=O) groups excluding carboxylic acids is 2. The fourth-order valence-corrected chi connectivity index (χ4v) is 4.20. The maximum atomic E-state index is 12.7. The largest absolute Gasteiger partial charge is 0.343 e. The van der Waals surface area contributed by atoms with E-state index in [2.05, 4.69) is 10.3 Å². The minimum atomic E-state index is -3.65. The van der Waals surface area contributed by atoms with Crippen LogP contribution in [0.1, 0.15) is 16.1 Å². The van der Waals surface area contributed by atoms with E-state index in [-0.39, 0.29) is 23.9 Å². The van der Waals surface area contributed by atoms with Crippen LogP contribution < -0.4 is 5.32 Å². The van der Waals surface area contributed by atoms with Crippen molar-refractivity contribution in [3.05, 3.63) is 53.7 Å². The van der Waals surface area contributed by atoms with Crippen LogP contribution in [0.15, 0.2) is 47.4 Å². The number of aryl methyl sites for hydroxylation is 1. The van der Waals surface area contributed by atoms with Crippen LogP contribution in [0.3, 0.4) is 0 Å². The Bertz CT molecular complexity index is 936. The molecule has 0 spiro atoms. The first-order valence-corrected chi connectivity index (χ1v) is 9.89. The Morgan fingerprint density at radius 1 is 1.07 bits per heavy atom. The van der Waals surface area contributed by atoms with Crippen molar-refractivity contribution in [3.63, 3.8) is 0 Å². The molecule has 0 atom stereocenters. The molecule has 3 rings (SSSR count). The first kappa shape index (κ1) is 19.0. The molecule has 1 aromatic heterocycles. The first-order valence-electron chi connectivity index (χ1n) is 8.45. The Labute approximate surface area is 157 Å². The summed E-state index contributed by atoms with van der Waals surface area (Å²) in [5.41, 5.74) is 1.12. The second-order valence-electron chi connectivity index (χ2n) is 6.19. The van der Waals surface area contributed by atoms with Crippen LogP contribution in [0.4, 0.5) is 5.82 Å². The molecule has 142 valence electrons. The number of carbonyl (C=O) groups is 2. The van der Waals surface area contributed by atoms with E-state index >= 15 is 0 Å². The number of hydrogen-bond donors (Lipinski definition) is 1. The first-order chi connectivity index (χ1) is 12.9. The Morgan fingerprint density at radius 2 is 1.74 bits per heavy atom. The second kappa shape index (κ2) is 7.85. The molecule has 1 fully saturated rings. The number of nitrogens with zero attached hydrogens (tertiary/aromatic N) is 3. The van der Waals surface area contributed by atoms with Crippen molar-refractivity contribution in [2.24, 2.45) is 0 Å². The summed E-state index contributed by atoms with van der Waals surface area (Å²) in [7, 11) is -3.65. The van der Waals surface area contributed by atoms with E-state index in [1.54, 1.807) is 17.0 Å². The molecule has 2 heterocycles. The van der Waals surface area contributed by atoms with Crippen LogP contribution in [-0.2, 0) is 14.8 Å². The Balaban J connectivity index is 1.71. The molecule has 1 aromatic carbocycles. The number of sulfonamides is 1. The zero-order valence-corrected chi connectivity index (χ0v) is 15.6. The normalized spacial score (nSPS) is 15.4. The summed E-state index contributed by atoms with van der Waals surface area (Å²) in [4.78, 5) is 28.9. The molecule has 1 saturated heterocycles. The molecule has 0 radical (unpaired) electrons.